The Morgan fingerprint density at radius 2 is 1.58 bits per heavy atom. The molecule has 0 amide bonds. The minimum atomic E-state index is 0.382. The first kappa shape index (κ1) is 16.4. The molecule has 0 aliphatic heterocycles. The van der Waals surface area contributed by atoms with Crippen LogP contribution in [0.25, 0.3) is 0 Å². The van der Waals surface area contributed by atoms with E-state index in [1.807, 2.05) is 66.7 Å². The van der Waals surface area contributed by atoms with Crippen molar-refractivity contribution < 1.29 is 4.74 Å². The fraction of sp³-hybridized carbons (Fsp3) is 0.100. The Hall–Kier alpha value is -2.49. The second-order valence-electron chi connectivity index (χ2n) is 5.25. The van der Waals surface area contributed by atoms with Gasteiger partial charge < -0.3 is 4.74 Å². The lowest BCUT2D eigenvalue weighted by atomic mass is 10.0. The van der Waals surface area contributed by atoms with Gasteiger partial charge in [-0.25, -0.2) is 4.99 Å². The van der Waals surface area contributed by atoms with E-state index in [0.717, 1.165) is 16.8 Å². The first-order chi connectivity index (χ1) is 11.8. The molecule has 0 radical (unpaired) electrons. The van der Waals surface area contributed by atoms with E-state index in [4.69, 9.17) is 21.3 Å². The van der Waals surface area contributed by atoms with Gasteiger partial charge in [-0.15, -0.1) is 0 Å². The summed E-state index contributed by atoms with van der Waals surface area (Å²) < 4.78 is 5.09. The summed E-state index contributed by atoms with van der Waals surface area (Å²) in [4.78, 5) is 9.13. The van der Waals surface area contributed by atoms with Gasteiger partial charge in [0.1, 0.15) is 0 Å². The van der Waals surface area contributed by atoms with Crippen LogP contribution >= 0.6 is 11.6 Å². The molecule has 0 N–H and O–H groups in total. The van der Waals surface area contributed by atoms with Gasteiger partial charge in [0.15, 0.2) is 0 Å². The SMILES string of the molecule is COCc1ncc(N=C(c2ccccc2)c2ccccc2)cc1Cl. The van der Waals surface area contributed by atoms with Crippen LogP contribution in [-0.4, -0.2) is 17.8 Å². The lowest BCUT2D eigenvalue weighted by Crippen LogP contribution is -2.02. The minimum absolute atomic E-state index is 0.382. The molecule has 0 fully saturated rings. The molecule has 3 nitrogen and oxygen atoms in total. The van der Waals surface area contributed by atoms with Gasteiger partial charge >= 0.3 is 0 Å². The molecule has 0 saturated heterocycles. The maximum absolute atomic E-state index is 6.27. The average molecular weight is 337 g/mol. The smallest absolute Gasteiger partial charge is 0.0899 e. The minimum Gasteiger partial charge on any atom is -0.378 e. The first-order valence-corrected chi connectivity index (χ1v) is 7.98. The molecular weight excluding hydrogens is 320 g/mol. The third-order valence-electron chi connectivity index (χ3n) is 3.52. The summed E-state index contributed by atoms with van der Waals surface area (Å²) in [5.74, 6) is 0. The van der Waals surface area contributed by atoms with E-state index in [0.29, 0.717) is 23.0 Å². The number of methoxy groups -OCH3 is 1. The van der Waals surface area contributed by atoms with E-state index in [-0.39, 0.29) is 0 Å². The summed E-state index contributed by atoms with van der Waals surface area (Å²) in [7, 11) is 1.62. The molecule has 120 valence electrons. The highest BCUT2D eigenvalue weighted by atomic mass is 35.5. The highest BCUT2D eigenvalue weighted by molar-refractivity contribution is 6.31. The number of nitrogens with zero attached hydrogens (tertiary/aromatic N) is 2. The number of benzene rings is 2. The molecule has 2 aromatic carbocycles. The van der Waals surface area contributed by atoms with Crippen LogP contribution in [0.4, 0.5) is 5.69 Å². The monoisotopic (exact) mass is 336 g/mol. The van der Waals surface area contributed by atoms with Gasteiger partial charge in [0.25, 0.3) is 0 Å². The Morgan fingerprint density at radius 3 is 2.08 bits per heavy atom. The molecular formula is C20H17ClN2O. The van der Waals surface area contributed by atoms with Crippen LogP contribution in [0.1, 0.15) is 16.8 Å². The molecule has 0 aliphatic rings. The molecule has 0 bridgehead atoms. The van der Waals surface area contributed by atoms with E-state index in [1.165, 1.54) is 0 Å². The zero-order valence-electron chi connectivity index (χ0n) is 13.3. The summed E-state index contributed by atoms with van der Waals surface area (Å²) in [5.41, 5.74) is 4.39. The van der Waals surface area contributed by atoms with E-state index in [2.05, 4.69) is 4.98 Å². The molecule has 0 unspecified atom stereocenters. The Balaban J connectivity index is 2.06. The second-order valence-corrected chi connectivity index (χ2v) is 5.65. The van der Waals surface area contributed by atoms with E-state index in [9.17, 15) is 0 Å². The number of rotatable bonds is 5. The number of halogens is 1. The number of hydrogen-bond acceptors (Lipinski definition) is 3. The molecule has 1 aromatic heterocycles. The number of ether oxygens (including phenoxy) is 1. The normalized spacial score (nSPS) is 10.4. The van der Waals surface area contributed by atoms with Gasteiger partial charge in [-0.05, 0) is 6.07 Å². The van der Waals surface area contributed by atoms with Crippen molar-refractivity contribution in [1.29, 1.82) is 0 Å². The lowest BCUT2D eigenvalue weighted by Gasteiger charge is -2.08. The van der Waals surface area contributed by atoms with Gasteiger partial charge in [0.2, 0.25) is 0 Å². The molecule has 1 heterocycles. The van der Waals surface area contributed by atoms with Crippen molar-refractivity contribution in [3.8, 4) is 0 Å². The van der Waals surface area contributed by atoms with Gasteiger partial charge in [0, 0.05) is 18.2 Å². The fourth-order valence-electron chi connectivity index (χ4n) is 2.38. The Kier molecular flexibility index (Phi) is 5.36. The zero-order chi connectivity index (χ0) is 16.8. The van der Waals surface area contributed by atoms with Gasteiger partial charge in [-0.3, -0.25) is 4.98 Å². The van der Waals surface area contributed by atoms with Crippen LogP contribution in [0.15, 0.2) is 77.9 Å². The second kappa shape index (κ2) is 7.86. The third kappa shape index (κ3) is 3.88. The summed E-state index contributed by atoms with van der Waals surface area (Å²) in [6, 6.07) is 22.0. The maximum atomic E-state index is 6.27. The Labute approximate surface area is 146 Å². The van der Waals surface area contributed by atoms with Crippen molar-refractivity contribution in [3.05, 3.63) is 94.8 Å². The molecule has 0 atom stereocenters. The first-order valence-electron chi connectivity index (χ1n) is 7.61. The quantitative estimate of drug-likeness (QED) is 0.611. The lowest BCUT2D eigenvalue weighted by molar-refractivity contribution is 0.181. The van der Waals surface area contributed by atoms with Crippen LogP contribution in [0, 0.1) is 0 Å². The number of aromatic nitrogens is 1. The van der Waals surface area contributed by atoms with Crippen molar-refractivity contribution >= 4 is 23.0 Å². The predicted octanol–water partition coefficient (Wildman–Crippen LogP) is 5.05. The molecule has 0 spiro atoms. The van der Waals surface area contributed by atoms with E-state index < -0.39 is 0 Å². The standard InChI is InChI=1S/C20H17ClN2O/c1-24-14-19-18(21)12-17(13-22-19)23-20(15-8-4-2-5-9-15)16-10-6-3-7-11-16/h2-13H,14H2,1H3. The van der Waals surface area contributed by atoms with E-state index >= 15 is 0 Å². The molecule has 24 heavy (non-hydrogen) atoms. The van der Waals surface area contributed by atoms with Crippen LogP contribution in [0.3, 0.4) is 0 Å². The Morgan fingerprint density at radius 1 is 1.00 bits per heavy atom. The Bertz CT molecular complexity index is 791. The predicted molar refractivity (Wildman–Crippen MR) is 98.1 cm³/mol. The molecule has 3 aromatic rings. The largest absolute Gasteiger partial charge is 0.378 e. The van der Waals surface area contributed by atoms with E-state index in [1.54, 1.807) is 13.3 Å². The summed E-state index contributed by atoms with van der Waals surface area (Å²) >= 11 is 6.27. The van der Waals surface area contributed by atoms with Crippen LogP contribution < -0.4 is 0 Å². The van der Waals surface area contributed by atoms with Gasteiger partial charge in [-0.2, -0.15) is 0 Å². The van der Waals surface area contributed by atoms with Crippen molar-refractivity contribution in [2.45, 2.75) is 6.61 Å². The third-order valence-corrected chi connectivity index (χ3v) is 3.85. The summed E-state index contributed by atoms with van der Waals surface area (Å²) in [6.07, 6.45) is 1.71. The van der Waals surface area contributed by atoms with Gasteiger partial charge in [-0.1, -0.05) is 72.3 Å². The van der Waals surface area contributed by atoms with Crippen molar-refractivity contribution in [2.24, 2.45) is 4.99 Å². The fourth-order valence-corrected chi connectivity index (χ4v) is 2.59. The average Bonchev–Trinajstić information content (AvgIpc) is 2.63. The van der Waals surface area contributed by atoms with Crippen molar-refractivity contribution in [2.75, 3.05) is 7.11 Å². The zero-order valence-corrected chi connectivity index (χ0v) is 14.1. The highest BCUT2D eigenvalue weighted by Crippen LogP contribution is 2.23. The molecule has 0 aliphatic carbocycles. The van der Waals surface area contributed by atoms with Crippen molar-refractivity contribution in [1.82, 2.24) is 4.98 Å². The van der Waals surface area contributed by atoms with Gasteiger partial charge in [0.05, 0.1) is 34.9 Å². The van der Waals surface area contributed by atoms with Crippen LogP contribution in [-0.2, 0) is 11.3 Å². The molecule has 4 heteroatoms. The molecule has 0 saturated carbocycles. The molecule has 3 rings (SSSR count). The summed E-state index contributed by atoms with van der Waals surface area (Å²) in [6.45, 7) is 0.382. The number of aliphatic imine (C=N–C) groups is 1. The van der Waals surface area contributed by atoms with Crippen LogP contribution in [0.5, 0.6) is 0 Å². The highest BCUT2D eigenvalue weighted by Gasteiger charge is 2.08. The summed E-state index contributed by atoms with van der Waals surface area (Å²) in [5, 5.41) is 0.554. The topological polar surface area (TPSA) is 34.5 Å². The number of pyridine rings is 1. The van der Waals surface area contributed by atoms with Crippen molar-refractivity contribution in [3.63, 3.8) is 0 Å². The van der Waals surface area contributed by atoms with Crippen LogP contribution in [0.2, 0.25) is 5.02 Å². The number of hydrogen-bond donors (Lipinski definition) is 0. The maximum Gasteiger partial charge on any atom is 0.0899 e.